The van der Waals surface area contributed by atoms with Crippen LogP contribution >= 0.6 is 0 Å². The number of ether oxygens (including phenoxy) is 3. The van der Waals surface area contributed by atoms with E-state index in [2.05, 4.69) is 43.1 Å². The summed E-state index contributed by atoms with van der Waals surface area (Å²) in [6.07, 6.45) is 7.95. The predicted octanol–water partition coefficient (Wildman–Crippen LogP) is 8.44. The van der Waals surface area contributed by atoms with Crippen molar-refractivity contribution in [3.63, 3.8) is 0 Å². The largest absolute Gasteiger partial charge is 0.497 e. The lowest BCUT2D eigenvalue weighted by Crippen LogP contribution is -2.14. The maximum Gasteiger partial charge on any atom is 0.144 e. The van der Waals surface area contributed by atoms with E-state index in [0.29, 0.717) is 23.8 Å². The van der Waals surface area contributed by atoms with Crippen molar-refractivity contribution in [3.05, 3.63) is 53.2 Å². The first-order valence-electron chi connectivity index (χ1n) is 12.8. The molecule has 0 spiro atoms. The Morgan fingerprint density at radius 3 is 2.19 bits per heavy atom. The summed E-state index contributed by atoms with van der Waals surface area (Å²) in [7, 11) is 3.19. The summed E-state index contributed by atoms with van der Waals surface area (Å²) in [5.74, 6) is 2.06. The maximum absolute atomic E-state index is 11.7. The fourth-order valence-electron chi connectivity index (χ4n) is 3.96. The highest BCUT2D eigenvalue weighted by atomic mass is 19.3. The van der Waals surface area contributed by atoms with Gasteiger partial charge in [-0.15, -0.1) is 0 Å². The van der Waals surface area contributed by atoms with Gasteiger partial charge in [0.15, 0.2) is 0 Å². The van der Waals surface area contributed by atoms with Gasteiger partial charge in [0.25, 0.3) is 0 Å². The summed E-state index contributed by atoms with van der Waals surface area (Å²) in [5, 5.41) is 5.28. The molecule has 0 aliphatic rings. The number of allylic oxidation sites excluding steroid dienone is 1. The van der Waals surface area contributed by atoms with E-state index in [1.54, 1.807) is 26.4 Å². The van der Waals surface area contributed by atoms with E-state index in [-0.39, 0.29) is 12.0 Å². The number of methoxy groups -OCH3 is 2. The second-order valence-corrected chi connectivity index (χ2v) is 10.1. The van der Waals surface area contributed by atoms with Crippen molar-refractivity contribution in [1.29, 1.82) is 5.53 Å². The molecule has 1 N–H and O–H groups in total. The average molecular weight is 516 g/mol. The third-order valence-electron chi connectivity index (χ3n) is 6.10. The number of halogens is 1. The quantitative estimate of drug-likeness (QED) is 0.138. The average Bonchev–Trinajstić information content (AvgIpc) is 2.87. The molecule has 0 saturated heterocycles. The Morgan fingerprint density at radius 1 is 0.919 bits per heavy atom. The van der Waals surface area contributed by atoms with E-state index < -0.39 is 0 Å². The molecule has 2 aromatic carbocycles. The summed E-state index contributed by atoms with van der Waals surface area (Å²) in [4.78, 5) is 3.61. The molecule has 2 aromatic rings. The third-order valence-corrected chi connectivity index (χ3v) is 6.10. The van der Waals surface area contributed by atoms with Gasteiger partial charge in [0, 0.05) is 11.8 Å². The van der Waals surface area contributed by atoms with Crippen molar-refractivity contribution >= 4 is 11.8 Å². The van der Waals surface area contributed by atoms with Crippen LogP contribution in [0.3, 0.4) is 0 Å². The molecule has 0 aliphatic carbocycles. The van der Waals surface area contributed by atoms with Gasteiger partial charge in [0.05, 0.1) is 27.4 Å². The van der Waals surface area contributed by atoms with Crippen LogP contribution in [0.4, 0.5) is 10.2 Å². The van der Waals surface area contributed by atoms with Crippen molar-refractivity contribution < 1.29 is 23.7 Å². The van der Waals surface area contributed by atoms with Gasteiger partial charge >= 0.3 is 0 Å². The minimum absolute atomic E-state index is 0.0608. The zero-order chi connectivity index (χ0) is 27.3. The number of hydrogen-bond donors (Lipinski definition) is 1. The first-order chi connectivity index (χ1) is 17.7. The Kier molecular flexibility index (Phi) is 12.4. The molecule has 0 radical (unpaired) electrons. The van der Waals surface area contributed by atoms with Gasteiger partial charge in [-0.25, -0.2) is 5.01 Å². The molecule has 0 aliphatic heterocycles. The number of benzene rings is 2. The minimum Gasteiger partial charge on any atom is -0.497 e. The zero-order valence-electron chi connectivity index (χ0n) is 23.1. The lowest BCUT2D eigenvalue weighted by molar-refractivity contribution is -0.133. The van der Waals surface area contributed by atoms with Gasteiger partial charge in [-0.05, 0) is 71.2 Å². The predicted molar refractivity (Wildman–Crippen MR) is 146 cm³/mol. The topological polar surface area (TPSA) is 76.4 Å². The van der Waals surface area contributed by atoms with Gasteiger partial charge in [0.1, 0.15) is 22.9 Å². The number of nitrogens with zero attached hydrogens (tertiary/aromatic N) is 2. The smallest absolute Gasteiger partial charge is 0.144 e. The van der Waals surface area contributed by atoms with Crippen molar-refractivity contribution in [2.24, 2.45) is 5.22 Å². The highest BCUT2D eigenvalue weighted by Crippen LogP contribution is 2.35. The molecule has 0 heterocycles. The van der Waals surface area contributed by atoms with Gasteiger partial charge in [0.2, 0.25) is 0 Å². The Morgan fingerprint density at radius 2 is 1.59 bits per heavy atom. The van der Waals surface area contributed by atoms with Crippen LogP contribution in [-0.2, 0) is 10.4 Å². The second-order valence-electron chi connectivity index (χ2n) is 10.1. The van der Waals surface area contributed by atoms with Crippen LogP contribution < -0.4 is 19.2 Å². The van der Waals surface area contributed by atoms with Crippen LogP contribution in [0.5, 0.6) is 17.2 Å². The lowest BCUT2D eigenvalue weighted by Gasteiger charge is -2.23. The Hall–Kier alpha value is -3.13. The molecule has 0 aromatic heterocycles. The highest BCUT2D eigenvalue weighted by Gasteiger charge is 2.18. The maximum atomic E-state index is 11.7. The summed E-state index contributed by atoms with van der Waals surface area (Å²) < 4.78 is 28.7. The minimum atomic E-state index is -0.0608. The fraction of sp³-hybridized carbons (Fsp3) is 0.517. The molecule has 7 nitrogen and oxygen atoms in total. The number of rotatable bonds is 16. The highest BCUT2D eigenvalue weighted by molar-refractivity contribution is 5.68. The number of anilines is 1. The van der Waals surface area contributed by atoms with Crippen LogP contribution in [0.15, 0.2) is 47.3 Å². The van der Waals surface area contributed by atoms with Gasteiger partial charge in [-0.2, -0.15) is 10.5 Å². The molecule has 204 valence electrons. The van der Waals surface area contributed by atoms with Crippen LogP contribution in [-0.4, -0.2) is 27.4 Å². The number of hydrogen-bond acceptors (Lipinski definition) is 6. The monoisotopic (exact) mass is 515 g/mol. The van der Waals surface area contributed by atoms with E-state index in [0.717, 1.165) is 61.1 Å². The molecule has 37 heavy (non-hydrogen) atoms. The van der Waals surface area contributed by atoms with Crippen LogP contribution in [0, 0.1) is 5.53 Å². The summed E-state index contributed by atoms with van der Waals surface area (Å²) in [6, 6.07) is 11.7. The zero-order valence-corrected chi connectivity index (χ0v) is 23.1. The molecule has 2 rings (SSSR count). The van der Waals surface area contributed by atoms with Crippen LogP contribution in [0.25, 0.3) is 6.08 Å². The van der Waals surface area contributed by atoms with E-state index in [4.69, 9.17) is 19.7 Å². The molecular weight excluding hydrogens is 473 g/mol. The molecule has 0 unspecified atom stereocenters. The number of nitrogens with one attached hydrogen (secondary N) is 1. The molecule has 0 bridgehead atoms. The van der Waals surface area contributed by atoms with Crippen molar-refractivity contribution in [2.45, 2.75) is 71.6 Å². The van der Waals surface area contributed by atoms with Gasteiger partial charge < -0.3 is 14.2 Å². The molecule has 0 amide bonds. The van der Waals surface area contributed by atoms with Gasteiger partial charge in [-0.1, -0.05) is 57.7 Å². The molecule has 8 heteroatoms. The third kappa shape index (κ3) is 9.69. The molecule has 0 fully saturated rings. The standard InChI is InChI=1S/C29H42FN3O4/c1-22(33(32-31)27-21-25(34-5)13-14-28(27)35-6)17-23-18-24(29(2,3)4)20-26(19-23)36-15-11-9-7-8-10-12-16-37-30/h13-14,17-21,31H,7-12,15-16H2,1-6H3/b22-17+,32-31?. The SMILES string of the molecule is COc1ccc(OC)c(N(N=N)/C(C)=C/c2cc(OCCCCCCCCOF)cc(C(C)(C)C)c2)c1. The first-order valence-corrected chi connectivity index (χ1v) is 12.8. The van der Waals surface area contributed by atoms with E-state index in [1.165, 1.54) is 5.01 Å². The molecular formula is C29H42FN3O4. The summed E-state index contributed by atoms with van der Waals surface area (Å²) in [5.41, 5.74) is 11.3. The van der Waals surface area contributed by atoms with Crippen LogP contribution in [0.1, 0.15) is 77.3 Å². The van der Waals surface area contributed by atoms with Crippen molar-refractivity contribution in [3.8, 4) is 17.2 Å². The van der Waals surface area contributed by atoms with E-state index >= 15 is 0 Å². The fourth-order valence-corrected chi connectivity index (χ4v) is 3.96. The molecule has 0 atom stereocenters. The number of unbranched alkanes of at least 4 members (excludes halogenated alkanes) is 5. The summed E-state index contributed by atoms with van der Waals surface area (Å²) in [6.45, 7) is 9.25. The second kappa shape index (κ2) is 15.2. The normalized spacial score (nSPS) is 11.8. The lowest BCUT2D eigenvalue weighted by atomic mass is 9.86. The van der Waals surface area contributed by atoms with Gasteiger partial charge in [-0.3, -0.25) is 0 Å². The van der Waals surface area contributed by atoms with Crippen molar-refractivity contribution in [2.75, 3.05) is 32.4 Å². The van der Waals surface area contributed by atoms with Crippen molar-refractivity contribution in [1.82, 2.24) is 0 Å². The van der Waals surface area contributed by atoms with E-state index in [1.807, 2.05) is 25.1 Å². The Labute approximate surface area is 220 Å². The first kappa shape index (κ1) is 30.1. The van der Waals surface area contributed by atoms with E-state index in [9.17, 15) is 4.53 Å². The Balaban J connectivity index is 2.19. The van der Waals surface area contributed by atoms with Crippen LogP contribution in [0.2, 0.25) is 0 Å². The molecule has 0 saturated carbocycles. The summed E-state index contributed by atoms with van der Waals surface area (Å²) >= 11 is 0. The Bertz CT molecular complexity index is 1020.